The lowest BCUT2D eigenvalue weighted by molar-refractivity contribution is 0.854. The van der Waals surface area contributed by atoms with Crippen LogP contribution < -0.4 is 21.5 Å². The predicted octanol–water partition coefficient (Wildman–Crippen LogP) is 5.04. The summed E-state index contributed by atoms with van der Waals surface area (Å²) >= 11 is 0. The quantitative estimate of drug-likeness (QED) is 0.342. The van der Waals surface area contributed by atoms with Crippen LogP contribution in [0.5, 0.6) is 0 Å². The number of nitrogens with zero attached hydrogens (tertiary/aromatic N) is 1. The number of benzene rings is 1. The van der Waals surface area contributed by atoms with E-state index in [-0.39, 0.29) is 5.69 Å². The topological polar surface area (TPSA) is 86.9 Å². The predicted molar refractivity (Wildman–Crippen MR) is 130 cm³/mol. The van der Waals surface area contributed by atoms with Gasteiger partial charge in [0.15, 0.2) is 0 Å². The fourth-order valence-electron chi connectivity index (χ4n) is 4.78. The molecule has 0 atom stereocenters. The van der Waals surface area contributed by atoms with Gasteiger partial charge in [-0.25, -0.2) is 4.98 Å². The smallest absolute Gasteiger partial charge is 0.253 e. The van der Waals surface area contributed by atoms with Gasteiger partial charge in [0.05, 0.1) is 5.69 Å². The number of hydrogen-bond acceptors (Lipinski definition) is 5. The third-order valence-electron chi connectivity index (χ3n) is 6.44. The second kappa shape index (κ2) is 8.26. The largest absolute Gasteiger partial charge is 0.359 e. The first kappa shape index (κ1) is 20.5. The van der Waals surface area contributed by atoms with Gasteiger partial charge in [0.1, 0.15) is 17.2 Å². The van der Waals surface area contributed by atoms with E-state index < -0.39 is 10.9 Å². The molecule has 0 radical (unpaired) electrons. The molecular formula is C26H28N4O2. The molecule has 1 aliphatic rings. The highest BCUT2D eigenvalue weighted by atomic mass is 16.2. The van der Waals surface area contributed by atoms with Crippen LogP contribution in [0.25, 0.3) is 10.9 Å². The third-order valence-corrected chi connectivity index (χ3v) is 6.44. The summed E-state index contributed by atoms with van der Waals surface area (Å²) in [5.74, 6) is 0.597. The Morgan fingerprint density at radius 3 is 2.34 bits per heavy atom. The molecule has 1 aliphatic carbocycles. The summed E-state index contributed by atoms with van der Waals surface area (Å²) in [6, 6.07) is 6.39. The Balaban J connectivity index is 1.44. The van der Waals surface area contributed by atoms with Gasteiger partial charge >= 0.3 is 0 Å². The molecule has 0 saturated heterocycles. The molecule has 3 N–H and O–H groups in total. The summed E-state index contributed by atoms with van der Waals surface area (Å²) in [4.78, 5) is 32.5. The molecule has 0 saturated carbocycles. The maximum Gasteiger partial charge on any atom is 0.253 e. The van der Waals surface area contributed by atoms with Gasteiger partial charge in [-0.3, -0.25) is 9.59 Å². The van der Waals surface area contributed by atoms with E-state index in [0.29, 0.717) is 11.5 Å². The summed E-state index contributed by atoms with van der Waals surface area (Å²) in [6.45, 7) is 4.31. The van der Waals surface area contributed by atoms with E-state index in [0.717, 1.165) is 55.1 Å². The average molecular weight is 429 g/mol. The number of aromatic amines is 1. The minimum absolute atomic E-state index is 0.281. The van der Waals surface area contributed by atoms with Crippen molar-refractivity contribution in [3.05, 3.63) is 73.3 Å². The van der Waals surface area contributed by atoms with Gasteiger partial charge in [-0.15, -0.1) is 0 Å². The van der Waals surface area contributed by atoms with E-state index in [4.69, 9.17) is 0 Å². The van der Waals surface area contributed by atoms with Crippen molar-refractivity contribution in [1.29, 1.82) is 0 Å². The molecule has 164 valence electrons. The third kappa shape index (κ3) is 3.49. The molecule has 0 spiro atoms. The van der Waals surface area contributed by atoms with Crippen LogP contribution in [0.15, 0.2) is 40.2 Å². The zero-order valence-electron chi connectivity index (χ0n) is 18.6. The van der Waals surface area contributed by atoms with Crippen LogP contribution in [0, 0.1) is 0 Å². The van der Waals surface area contributed by atoms with Gasteiger partial charge in [0.25, 0.3) is 10.9 Å². The van der Waals surface area contributed by atoms with E-state index >= 15 is 0 Å². The van der Waals surface area contributed by atoms with Crippen LogP contribution in [0.4, 0.5) is 22.9 Å². The molecular weight excluding hydrogens is 400 g/mol. The van der Waals surface area contributed by atoms with Crippen molar-refractivity contribution < 1.29 is 0 Å². The van der Waals surface area contributed by atoms with Crippen molar-refractivity contribution in [1.82, 2.24) is 9.97 Å². The minimum Gasteiger partial charge on any atom is -0.359 e. The Kier molecular flexibility index (Phi) is 5.29. The summed E-state index contributed by atoms with van der Waals surface area (Å²) < 4.78 is 0. The SMILES string of the molecule is CCCc1cnc(Nc2c(Nc3c[nH]c4cc5c(cc34)CCC5)c(=O)c2=O)cc1CCC. The van der Waals surface area contributed by atoms with Crippen molar-refractivity contribution in [3.63, 3.8) is 0 Å². The van der Waals surface area contributed by atoms with Gasteiger partial charge in [-0.1, -0.05) is 26.7 Å². The fraction of sp³-hybridized carbons (Fsp3) is 0.346. The molecule has 2 aromatic heterocycles. The van der Waals surface area contributed by atoms with E-state index in [9.17, 15) is 9.59 Å². The average Bonchev–Trinajstić information content (AvgIpc) is 3.42. The standard InChI is InChI=1S/C26H28N4O2/c1-3-6-15-12-22(28-13-18(15)7-4-2)30-24-23(25(31)26(24)32)29-21-14-27-20-11-17-9-5-8-16(17)10-19(20)21/h10-14,27,29H,3-9H2,1-2H3,(H,28,30). The molecule has 0 amide bonds. The molecule has 0 aliphatic heterocycles. The second-order valence-electron chi connectivity index (χ2n) is 8.72. The zero-order chi connectivity index (χ0) is 22.2. The van der Waals surface area contributed by atoms with Crippen LogP contribution >= 0.6 is 0 Å². The van der Waals surface area contributed by atoms with Crippen molar-refractivity contribution in [3.8, 4) is 0 Å². The molecule has 4 aromatic rings. The van der Waals surface area contributed by atoms with E-state index in [1.165, 1.54) is 28.7 Å². The number of aryl methyl sites for hydroxylation is 4. The molecule has 0 bridgehead atoms. The fourth-order valence-corrected chi connectivity index (χ4v) is 4.78. The number of fused-ring (bicyclic) bond motifs is 2. The molecule has 2 aromatic carbocycles. The number of hydrogen-bond donors (Lipinski definition) is 3. The summed E-state index contributed by atoms with van der Waals surface area (Å²) in [5, 5.41) is 7.35. The molecule has 2 heterocycles. The van der Waals surface area contributed by atoms with Gasteiger partial charge in [0.2, 0.25) is 0 Å². The van der Waals surface area contributed by atoms with Crippen molar-refractivity contribution in [2.75, 3.05) is 10.6 Å². The maximum absolute atomic E-state index is 12.4. The first-order valence-corrected chi connectivity index (χ1v) is 11.6. The number of anilines is 4. The normalized spacial score (nSPS) is 13.1. The highest BCUT2D eigenvalue weighted by molar-refractivity contribution is 5.97. The lowest BCUT2D eigenvalue weighted by Gasteiger charge is -2.16. The van der Waals surface area contributed by atoms with Crippen LogP contribution in [0.3, 0.4) is 0 Å². The molecule has 32 heavy (non-hydrogen) atoms. The Hall–Kier alpha value is -3.41. The van der Waals surface area contributed by atoms with Crippen molar-refractivity contribution >= 4 is 33.8 Å². The van der Waals surface area contributed by atoms with E-state index in [2.05, 4.69) is 46.6 Å². The van der Waals surface area contributed by atoms with Crippen LogP contribution in [-0.2, 0) is 25.7 Å². The van der Waals surface area contributed by atoms with Gasteiger partial charge in [-0.2, -0.15) is 0 Å². The Morgan fingerprint density at radius 1 is 0.906 bits per heavy atom. The molecule has 6 nitrogen and oxygen atoms in total. The van der Waals surface area contributed by atoms with E-state index in [1.54, 1.807) is 0 Å². The van der Waals surface area contributed by atoms with Gasteiger partial charge in [0, 0.05) is 23.3 Å². The lowest BCUT2D eigenvalue weighted by atomic mass is 10.0. The summed E-state index contributed by atoms with van der Waals surface area (Å²) in [7, 11) is 0. The van der Waals surface area contributed by atoms with Crippen LogP contribution in [0.1, 0.15) is 55.4 Å². The molecule has 0 unspecified atom stereocenters. The number of pyridine rings is 1. The van der Waals surface area contributed by atoms with Crippen molar-refractivity contribution in [2.24, 2.45) is 0 Å². The Morgan fingerprint density at radius 2 is 1.59 bits per heavy atom. The monoisotopic (exact) mass is 428 g/mol. The summed E-state index contributed by atoms with van der Waals surface area (Å²) in [5.41, 5.74) is 6.66. The van der Waals surface area contributed by atoms with Crippen LogP contribution in [0.2, 0.25) is 0 Å². The van der Waals surface area contributed by atoms with Crippen LogP contribution in [-0.4, -0.2) is 9.97 Å². The highest BCUT2D eigenvalue weighted by Gasteiger charge is 2.23. The Labute approximate surface area is 186 Å². The highest BCUT2D eigenvalue weighted by Crippen LogP contribution is 2.33. The number of aromatic nitrogens is 2. The zero-order valence-corrected chi connectivity index (χ0v) is 18.6. The molecule has 0 fully saturated rings. The molecule has 6 heteroatoms. The lowest BCUT2D eigenvalue weighted by Crippen LogP contribution is -2.35. The number of nitrogens with one attached hydrogen (secondary N) is 3. The van der Waals surface area contributed by atoms with Gasteiger partial charge in [-0.05, 0) is 72.6 Å². The minimum atomic E-state index is -0.510. The van der Waals surface area contributed by atoms with Crippen molar-refractivity contribution in [2.45, 2.75) is 58.8 Å². The Bertz CT molecular complexity index is 1380. The second-order valence-corrected chi connectivity index (χ2v) is 8.72. The maximum atomic E-state index is 12.4. The number of H-pyrrole nitrogens is 1. The van der Waals surface area contributed by atoms with Gasteiger partial charge < -0.3 is 15.6 Å². The first-order valence-electron chi connectivity index (χ1n) is 11.6. The summed E-state index contributed by atoms with van der Waals surface area (Å²) in [6.07, 6.45) is 11.2. The molecule has 5 rings (SSSR count). The van der Waals surface area contributed by atoms with E-state index in [1.807, 2.05) is 18.5 Å². The first-order chi connectivity index (χ1) is 15.6. The number of rotatable bonds is 8.